The summed E-state index contributed by atoms with van der Waals surface area (Å²) in [5.74, 6) is -0.655. The summed E-state index contributed by atoms with van der Waals surface area (Å²) in [7, 11) is 1.25. The number of Topliss-reactive ketones (excluding diaryl/α,β-unsaturated/α-hetero) is 1. The van der Waals surface area contributed by atoms with Crippen molar-refractivity contribution in [1.82, 2.24) is 0 Å². The van der Waals surface area contributed by atoms with Crippen LogP contribution < -0.4 is 4.74 Å². The number of halogens is 1. The van der Waals surface area contributed by atoms with Crippen LogP contribution in [0.1, 0.15) is 24.2 Å². The number of benzene rings is 1. The maximum Gasteiger partial charge on any atom is 0.315 e. The monoisotopic (exact) mass is 310 g/mol. The van der Waals surface area contributed by atoms with Crippen molar-refractivity contribution in [2.45, 2.75) is 20.0 Å². The zero-order valence-corrected chi connectivity index (χ0v) is 12.6. The highest BCUT2D eigenvalue weighted by atomic mass is 35.5. The van der Waals surface area contributed by atoms with E-state index in [2.05, 4.69) is 0 Å². The average molecular weight is 311 g/mol. The molecule has 0 fully saturated rings. The zero-order valence-electron chi connectivity index (χ0n) is 11.8. The van der Waals surface area contributed by atoms with E-state index in [4.69, 9.17) is 21.1 Å². The molecule has 6 heteroatoms. The van der Waals surface area contributed by atoms with E-state index in [1.54, 1.807) is 26.0 Å². The number of esters is 1. The number of methoxy groups -OCH3 is 1. The van der Waals surface area contributed by atoms with Gasteiger partial charge in [0.25, 0.3) is 0 Å². The molecule has 2 rings (SSSR count). The number of ketones is 1. The summed E-state index contributed by atoms with van der Waals surface area (Å²) in [6.45, 7) is 3.17. The van der Waals surface area contributed by atoms with Crippen molar-refractivity contribution in [3.63, 3.8) is 0 Å². The molecule has 1 aromatic rings. The lowest BCUT2D eigenvalue weighted by molar-refractivity contribution is -0.155. The number of hydrogen-bond donors (Lipinski definition) is 1. The van der Waals surface area contributed by atoms with E-state index >= 15 is 0 Å². The van der Waals surface area contributed by atoms with Gasteiger partial charge in [0.15, 0.2) is 5.78 Å². The lowest BCUT2D eigenvalue weighted by Crippen LogP contribution is -2.46. The van der Waals surface area contributed by atoms with Gasteiger partial charge in [-0.2, -0.15) is 0 Å². The molecule has 1 atom stereocenters. The first-order valence-electron chi connectivity index (χ1n) is 6.26. The lowest BCUT2D eigenvalue weighted by Gasteiger charge is -2.36. The fourth-order valence-electron chi connectivity index (χ4n) is 2.28. The minimum Gasteiger partial charge on any atom is -0.515 e. The van der Waals surface area contributed by atoms with Crippen LogP contribution in [0.5, 0.6) is 5.75 Å². The second-order valence-corrected chi connectivity index (χ2v) is 5.70. The number of ether oxygens (including phenoxy) is 2. The van der Waals surface area contributed by atoms with Crippen molar-refractivity contribution in [1.29, 1.82) is 0 Å². The molecular weight excluding hydrogens is 296 g/mol. The summed E-state index contributed by atoms with van der Waals surface area (Å²) in [4.78, 5) is 24.4. The maximum atomic E-state index is 12.4. The first-order valence-corrected chi connectivity index (χ1v) is 6.64. The fourth-order valence-corrected chi connectivity index (χ4v) is 2.45. The molecule has 0 bridgehead atoms. The van der Waals surface area contributed by atoms with Gasteiger partial charge < -0.3 is 14.6 Å². The topological polar surface area (TPSA) is 72.8 Å². The number of carbonyl (C=O) groups is 2. The molecule has 1 unspecified atom stereocenters. The molecule has 0 saturated heterocycles. The third kappa shape index (κ3) is 2.49. The van der Waals surface area contributed by atoms with Gasteiger partial charge in [0.1, 0.15) is 17.3 Å². The Kier molecular flexibility index (Phi) is 3.96. The minimum atomic E-state index is -1.14. The number of aliphatic hydroxyl groups excluding tert-OH is 1. The SMILES string of the molecule is COC(=O)C(C)(C)C1Oc2ccc(Cl)cc2C(=O)/C1=C/O. The number of rotatable bonds is 2. The lowest BCUT2D eigenvalue weighted by atomic mass is 9.79. The number of fused-ring (bicyclic) bond motifs is 1. The Labute approximate surface area is 127 Å². The summed E-state index contributed by atoms with van der Waals surface area (Å²) in [5, 5.41) is 9.78. The molecule has 1 heterocycles. The molecule has 1 aromatic carbocycles. The third-order valence-electron chi connectivity index (χ3n) is 3.48. The fraction of sp³-hybridized carbons (Fsp3) is 0.333. The molecule has 0 radical (unpaired) electrons. The molecule has 0 spiro atoms. The Morgan fingerprint density at radius 1 is 1.48 bits per heavy atom. The predicted octanol–water partition coefficient (Wildman–Crippen LogP) is 2.92. The molecule has 5 nitrogen and oxygen atoms in total. The van der Waals surface area contributed by atoms with Crippen LogP contribution >= 0.6 is 11.6 Å². The van der Waals surface area contributed by atoms with Gasteiger partial charge in [0.2, 0.25) is 0 Å². The average Bonchev–Trinajstić information content (AvgIpc) is 2.46. The van der Waals surface area contributed by atoms with E-state index in [9.17, 15) is 14.7 Å². The van der Waals surface area contributed by atoms with E-state index in [0.29, 0.717) is 17.0 Å². The number of aliphatic hydroxyl groups is 1. The maximum absolute atomic E-state index is 12.4. The molecule has 0 aliphatic carbocycles. The summed E-state index contributed by atoms with van der Waals surface area (Å²) < 4.78 is 10.5. The predicted molar refractivity (Wildman–Crippen MR) is 76.7 cm³/mol. The molecule has 0 amide bonds. The summed E-state index contributed by atoms with van der Waals surface area (Å²) >= 11 is 5.87. The normalized spacial score (nSPS) is 19.9. The van der Waals surface area contributed by atoms with Gasteiger partial charge in [0.05, 0.1) is 24.5 Å². The summed E-state index contributed by atoms with van der Waals surface area (Å²) in [6.07, 6.45) is -0.280. The minimum absolute atomic E-state index is 0.0137. The molecule has 1 aliphatic rings. The van der Waals surface area contributed by atoms with Crippen LogP contribution in [0.15, 0.2) is 30.0 Å². The highest BCUT2D eigenvalue weighted by molar-refractivity contribution is 6.31. The van der Waals surface area contributed by atoms with Crippen LogP contribution in [-0.4, -0.2) is 30.1 Å². The van der Waals surface area contributed by atoms with Crippen molar-refractivity contribution >= 4 is 23.4 Å². The number of hydrogen-bond acceptors (Lipinski definition) is 5. The third-order valence-corrected chi connectivity index (χ3v) is 3.72. The Balaban J connectivity index is 2.54. The van der Waals surface area contributed by atoms with Crippen LogP contribution in [-0.2, 0) is 9.53 Å². The smallest absolute Gasteiger partial charge is 0.315 e. The van der Waals surface area contributed by atoms with Crippen molar-refractivity contribution in [2.75, 3.05) is 7.11 Å². The van der Waals surface area contributed by atoms with Crippen LogP contribution in [0.3, 0.4) is 0 Å². The van der Waals surface area contributed by atoms with Gasteiger partial charge in [-0.05, 0) is 32.0 Å². The van der Waals surface area contributed by atoms with Crippen LogP contribution in [0, 0.1) is 5.41 Å². The van der Waals surface area contributed by atoms with Gasteiger partial charge >= 0.3 is 5.97 Å². The van der Waals surface area contributed by atoms with E-state index < -0.39 is 23.3 Å². The Bertz CT molecular complexity index is 633. The van der Waals surface area contributed by atoms with Crippen LogP contribution in [0.25, 0.3) is 0 Å². The van der Waals surface area contributed by atoms with Crippen LogP contribution in [0.4, 0.5) is 0 Å². The van der Waals surface area contributed by atoms with Crippen molar-refractivity contribution in [2.24, 2.45) is 5.41 Å². The van der Waals surface area contributed by atoms with Crippen molar-refractivity contribution < 1.29 is 24.2 Å². The van der Waals surface area contributed by atoms with E-state index in [1.165, 1.54) is 13.2 Å². The standard InChI is InChI=1S/C15H15ClO5/c1-15(2,14(19)20-3)13-10(7-17)12(18)9-6-8(16)4-5-11(9)21-13/h4-7,13,17H,1-3H3/b10-7-. The summed E-state index contributed by atoms with van der Waals surface area (Å²) in [5.41, 5.74) is -0.907. The van der Waals surface area contributed by atoms with E-state index in [0.717, 1.165) is 0 Å². The van der Waals surface area contributed by atoms with Crippen molar-refractivity contribution in [3.8, 4) is 5.75 Å². The second-order valence-electron chi connectivity index (χ2n) is 5.27. The van der Waals surface area contributed by atoms with Gasteiger partial charge in [-0.1, -0.05) is 11.6 Å². The molecule has 1 aliphatic heterocycles. The zero-order chi connectivity index (χ0) is 15.8. The highest BCUT2D eigenvalue weighted by Gasteiger charge is 2.47. The van der Waals surface area contributed by atoms with E-state index in [1.807, 2.05) is 0 Å². The van der Waals surface area contributed by atoms with Gasteiger partial charge in [0, 0.05) is 5.02 Å². The Morgan fingerprint density at radius 2 is 2.14 bits per heavy atom. The van der Waals surface area contributed by atoms with Gasteiger partial charge in [-0.15, -0.1) is 0 Å². The van der Waals surface area contributed by atoms with Crippen LogP contribution in [0.2, 0.25) is 5.02 Å². The second kappa shape index (κ2) is 5.41. The molecule has 21 heavy (non-hydrogen) atoms. The molecule has 0 saturated carbocycles. The largest absolute Gasteiger partial charge is 0.515 e. The van der Waals surface area contributed by atoms with Gasteiger partial charge in [-0.25, -0.2) is 0 Å². The Morgan fingerprint density at radius 3 is 2.71 bits per heavy atom. The first kappa shape index (κ1) is 15.4. The van der Waals surface area contributed by atoms with Gasteiger partial charge in [-0.3, -0.25) is 9.59 Å². The Hall–Kier alpha value is -2.01. The summed E-state index contributed by atoms with van der Waals surface area (Å²) in [6, 6.07) is 4.61. The molecular formula is C15H15ClO5. The number of carbonyl (C=O) groups excluding carboxylic acids is 2. The molecule has 0 aromatic heterocycles. The van der Waals surface area contributed by atoms with Crippen molar-refractivity contribution in [3.05, 3.63) is 40.6 Å². The van der Waals surface area contributed by atoms with E-state index in [-0.39, 0.29) is 11.1 Å². The first-order chi connectivity index (χ1) is 9.82. The molecule has 112 valence electrons. The quantitative estimate of drug-likeness (QED) is 0.516. The molecule has 1 N–H and O–H groups in total. The highest BCUT2D eigenvalue weighted by Crippen LogP contribution is 2.39.